The molecule has 0 bridgehead atoms. The number of carbonyl (C=O) groups is 1. The summed E-state index contributed by atoms with van der Waals surface area (Å²) in [6.45, 7) is -0.225. The lowest BCUT2D eigenvalue weighted by atomic mass is 10.2. The molecule has 0 radical (unpaired) electrons. The maximum absolute atomic E-state index is 11.2. The largest absolute Gasteiger partial charge is 0.459 e. The number of nitrogens with zero attached hydrogens (tertiary/aromatic N) is 3. The first-order valence-corrected chi connectivity index (χ1v) is 4.63. The van der Waals surface area contributed by atoms with Crippen LogP contribution in [0.15, 0.2) is 35.4 Å². The average molecular weight is 221 g/mol. The van der Waals surface area contributed by atoms with Crippen LogP contribution < -0.4 is 0 Å². The Labute approximate surface area is 92.1 Å². The normalized spacial score (nSPS) is 11.3. The van der Waals surface area contributed by atoms with Gasteiger partial charge in [-0.2, -0.15) is 0 Å². The van der Waals surface area contributed by atoms with Gasteiger partial charge < -0.3 is 9.84 Å². The van der Waals surface area contributed by atoms with Crippen LogP contribution in [0.1, 0.15) is 5.56 Å². The molecule has 0 aliphatic carbocycles. The smallest absolute Gasteiger partial charge is 0.335 e. The summed E-state index contributed by atoms with van der Waals surface area (Å²) in [5.41, 5.74) is 8.83. The molecule has 0 unspecified atom stereocenters. The molecule has 0 saturated heterocycles. The van der Waals surface area contributed by atoms with Gasteiger partial charge in [-0.25, -0.2) is 4.79 Å². The van der Waals surface area contributed by atoms with E-state index in [1.807, 2.05) is 18.2 Å². The fourth-order valence-electron chi connectivity index (χ4n) is 1.01. The molecule has 1 N–H and O–H groups in total. The van der Waals surface area contributed by atoms with E-state index in [9.17, 15) is 9.90 Å². The predicted molar refractivity (Wildman–Crippen MR) is 56.3 cm³/mol. The summed E-state index contributed by atoms with van der Waals surface area (Å²) in [5, 5.41) is 12.3. The zero-order valence-electron chi connectivity index (χ0n) is 8.48. The van der Waals surface area contributed by atoms with Crippen molar-refractivity contribution in [2.75, 3.05) is 6.54 Å². The summed E-state index contributed by atoms with van der Waals surface area (Å²) in [5.74, 6) is -0.795. The van der Waals surface area contributed by atoms with Crippen molar-refractivity contribution in [2.24, 2.45) is 5.11 Å². The van der Waals surface area contributed by atoms with Crippen LogP contribution in [0.2, 0.25) is 0 Å². The van der Waals surface area contributed by atoms with Gasteiger partial charge in [0.15, 0.2) is 6.10 Å². The first kappa shape index (κ1) is 12.0. The first-order valence-electron chi connectivity index (χ1n) is 4.63. The first-order chi connectivity index (χ1) is 7.74. The molecule has 0 heterocycles. The molecule has 0 amide bonds. The van der Waals surface area contributed by atoms with E-state index in [1.165, 1.54) is 0 Å². The number of hydrogen-bond acceptors (Lipinski definition) is 4. The lowest BCUT2D eigenvalue weighted by molar-refractivity contribution is -0.154. The minimum atomic E-state index is -1.40. The van der Waals surface area contributed by atoms with E-state index < -0.39 is 12.1 Å². The molecule has 6 nitrogen and oxygen atoms in total. The molecule has 0 aromatic heterocycles. The summed E-state index contributed by atoms with van der Waals surface area (Å²) in [7, 11) is 0. The molecule has 1 rings (SSSR count). The Kier molecular flexibility index (Phi) is 4.85. The van der Waals surface area contributed by atoms with Gasteiger partial charge in [0.2, 0.25) is 0 Å². The quantitative estimate of drug-likeness (QED) is 0.352. The summed E-state index contributed by atoms with van der Waals surface area (Å²) in [6, 6.07) is 9.08. The Balaban J connectivity index is 2.38. The molecule has 84 valence electrons. The molecule has 1 aromatic rings. The van der Waals surface area contributed by atoms with Crippen LogP contribution in [-0.2, 0) is 16.1 Å². The molecule has 0 saturated carbocycles. The zero-order chi connectivity index (χ0) is 11.8. The van der Waals surface area contributed by atoms with Crippen LogP contribution in [0.3, 0.4) is 0 Å². The van der Waals surface area contributed by atoms with E-state index in [0.29, 0.717) is 0 Å². The molecular formula is C10H11N3O3. The van der Waals surface area contributed by atoms with E-state index in [0.717, 1.165) is 5.56 Å². The van der Waals surface area contributed by atoms with E-state index in [4.69, 9.17) is 10.3 Å². The zero-order valence-corrected chi connectivity index (χ0v) is 8.48. The topological polar surface area (TPSA) is 95.3 Å². The lowest BCUT2D eigenvalue weighted by Crippen LogP contribution is -2.25. The number of esters is 1. The Morgan fingerprint density at radius 3 is 2.81 bits per heavy atom. The fourth-order valence-corrected chi connectivity index (χ4v) is 1.01. The Hall–Kier alpha value is -2.04. The molecule has 0 aliphatic heterocycles. The van der Waals surface area contributed by atoms with Crippen molar-refractivity contribution in [3.05, 3.63) is 46.3 Å². The monoisotopic (exact) mass is 221 g/mol. The molecule has 1 atom stereocenters. The van der Waals surface area contributed by atoms with Gasteiger partial charge >= 0.3 is 5.97 Å². The average Bonchev–Trinajstić information content (AvgIpc) is 2.34. The van der Waals surface area contributed by atoms with Crippen molar-refractivity contribution < 1.29 is 14.6 Å². The molecule has 6 heteroatoms. The van der Waals surface area contributed by atoms with Crippen molar-refractivity contribution in [3.63, 3.8) is 0 Å². The predicted octanol–water partition coefficient (Wildman–Crippen LogP) is 1.40. The summed E-state index contributed by atoms with van der Waals surface area (Å²) in [6.07, 6.45) is -1.40. The number of benzene rings is 1. The van der Waals surface area contributed by atoms with Gasteiger partial charge in [0, 0.05) is 4.91 Å². The second kappa shape index (κ2) is 6.44. The Morgan fingerprint density at radius 2 is 2.19 bits per heavy atom. The molecule has 0 aliphatic rings. The molecule has 1 aromatic carbocycles. The van der Waals surface area contributed by atoms with Crippen molar-refractivity contribution in [2.45, 2.75) is 12.7 Å². The summed E-state index contributed by atoms with van der Waals surface area (Å²) < 4.78 is 4.81. The van der Waals surface area contributed by atoms with Gasteiger partial charge in [-0.3, -0.25) is 0 Å². The standard InChI is InChI=1S/C10H11N3O3/c11-13-12-6-9(14)10(15)16-7-8-4-2-1-3-5-8/h1-5,9,14H,6-7H2/t9-/m1/s1. The van der Waals surface area contributed by atoms with Crippen LogP contribution in [0.5, 0.6) is 0 Å². The van der Waals surface area contributed by atoms with Crippen molar-refractivity contribution in [3.8, 4) is 0 Å². The molecule has 16 heavy (non-hydrogen) atoms. The van der Waals surface area contributed by atoms with E-state index in [2.05, 4.69) is 10.0 Å². The maximum atomic E-state index is 11.2. The third-order valence-corrected chi connectivity index (χ3v) is 1.81. The second-order valence-electron chi connectivity index (χ2n) is 3.02. The van der Waals surface area contributed by atoms with Gasteiger partial charge in [0.1, 0.15) is 6.61 Å². The summed E-state index contributed by atoms with van der Waals surface area (Å²) in [4.78, 5) is 13.6. The number of ether oxygens (including phenoxy) is 1. The van der Waals surface area contributed by atoms with Gasteiger partial charge in [-0.15, -0.1) is 0 Å². The number of hydrogen-bond donors (Lipinski definition) is 1. The SMILES string of the molecule is [N-]=[N+]=NC[C@@H](O)C(=O)OCc1ccccc1. The molecule has 0 spiro atoms. The van der Waals surface area contributed by atoms with Crippen LogP contribution in [-0.4, -0.2) is 23.7 Å². The lowest BCUT2D eigenvalue weighted by Gasteiger charge is -2.08. The number of aliphatic hydroxyl groups is 1. The van der Waals surface area contributed by atoms with Crippen molar-refractivity contribution >= 4 is 5.97 Å². The van der Waals surface area contributed by atoms with Crippen LogP contribution >= 0.6 is 0 Å². The van der Waals surface area contributed by atoms with E-state index in [-0.39, 0.29) is 13.2 Å². The van der Waals surface area contributed by atoms with E-state index >= 15 is 0 Å². The highest BCUT2D eigenvalue weighted by atomic mass is 16.5. The minimum Gasteiger partial charge on any atom is -0.459 e. The number of azide groups is 1. The Morgan fingerprint density at radius 1 is 1.50 bits per heavy atom. The third-order valence-electron chi connectivity index (χ3n) is 1.81. The number of aliphatic hydroxyl groups excluding tert-OH is 1. The second-order valence-corrected chi connectivity index (χ2v) is 3.02. The van der Waals surface area contributed by atoms with Crippen LogP contribution in [0, 0.1) is 0 Å². The van der Waals surface area contributed by atoms with Crippen molar-refractivity contribution in [1.82, 2.24) is 0 Å². The van der Waals surface area contributed by atoms with E-state index in [1.54, 1.807) is 12.1 Å². The maximum Gasteiger partial charge on any atom is 0.335 e. The highest BCUT2D eigenvalue weighted by Crippen LogP contribution is 2.02. The Bertz CT molecular complexity index is 388. The fraction of sp³-hybridized carbons (Fsp3) is 0.300. The van der Waals surface area contributed by atoms with Gasteiger partial charge in [-0.05, 0) is 11.1 Å². The highest BCUT2D eigenvalue weighted by molar-refractivity contribution is 5.74. The number of rotatable bonds is 5. The van der Waals surface area contributed by atoms with Crippen molar-refractivity contribution in [1.29, 1.82) is 0 Å². The van der Waals surface area contributed by atoms with Crippen LogP contribution in [0.25, 0.3) is 10.4 Å². The highest BCUT2D eigenvalue weighted by Gasteiger charge is 2.15. The van der Waals surface area contributed by atoms with Gasteiger partial charge in [0.05, 0.1) is 6.54 Å². The van der Waals surface area contributed by atoms with Crippen LogP contribution in [0.4, 0.5) is 0 Å². The number of carbonyl (C=O) groups excluding carboxylic acids is 1. The third kappa shape index (κ3) is 4.00. The minimum absolute atomic E-state index is 0.0903. The molecule has 0 fully saturated rings. The van der Waals surface area contributed by atoms with Gasteiger partial charge in [-0.1, -0.05) is 35.4 Å². The summed E-state index contributed by atoms with van der Waals surface area (Å²) >= 11 is 0. The van der Waals surface area contributed by atoms with Gasteiger partial charge in [0.25, 0.3) is 0 Å². The molecular weight excluding hydrogens is 210 g/mol.